The third kappa shape index (κ3) is 1.69. The van der Waals surface area contributed by atoms with Gasteiger partial charge in [-0.05, 0) is 12.2 Å². The highest BCUT2D eigenvalue weighted by molar-refractivity contribution is 8.00. The molecule has 0 N–H and O–H groups in total. The van der Waals surface area contributed by atoms with Gasteiger partial charge in [-0.15, -0.1) is 0 Å². The maximum absolute atomic E-state index is 4.88. The molecule has 1 radical (unpaired) electrons. The fraction of sp³-hybridized carbons (Fsp3) is 0.200. The quantitative estimate of drug-likeness (QED) is 0.471. The summed E-state index contributed by atoms with van der Waals surface area (Å²) in [5, 5.41) is 2.93. The van der Waals surface area contributed by atoms with Gasteiger partial charge in [-0.2, -0.15) is 0 Å². The molecule has 0 bridgehead atoms. The minimum atomic E-state index is 0.688. The topological polar surface area (TPSA) is 9.23 Å². The number of hydrogen-bond donors (Lipinski definition) is 0. The van der Waals surface area contributed by atoms with Crippen LogP contribution in [-0.2, 0) is 4.74 Å². The predicted octanol–water partition coefficient (Wildman–Crippen LogP) is 1.54. The lowest BCUT2D eigenvalue weighted by Crippen LogP contribution is -1.72. The lowest BCUT2D eigenvalue weighted by atomic mass is 10.6. The fourth-order valence-corrected chi connectivity index (χ4v) is 0.679. The van der Waals surface area contributed by atoms with E-state index in [0.717, 1.165) is 0 Å². The monoisotopic (exact) mass is 113 g/mol. The van der Waals surface area contributed by atoms with Crippen molar-refractivity contribution in [3.05, 3.63) is 23.8 Å². The van der Waals surface area contributed by atoms with Crippen LogP contribution in [0.25, 0.3) is 0 Å². The first kappa shape index (κ1) is 4.78. The van der Waals surface area contributed by atoms with Crippen molar-refractivity contribution in [1.82, 2.24) is 0 Å². The Kier molecular flexibility index (Phi) is 1.88. The number of hydrogen-bond acceptors (Lipinski definition) is 2. The highest BCUT2D eigenvalue weighted by Gasteiger charge is 1.81. The SMILES string of the molecule is [C]1=CC=COCS1. The number of rotatable bonds is 0. The Morgan fingerprint density at radius 2 is 2.71 bits per heavy atom. The van der Waals surface area contributed by atoms with Crippen molar-refractivity contribution in [2.75, 3.05) is 5.94 Å². The molecule has 0 aromatic rings. The predicted molar refractivity (Wildman–Crippen MR) is 30.5 cm³/mol. The van der Waals surface area contributed by atoms with Gasteiger partial charge in [0.15, 0.2) is 0 Å². The molecule has 0 saturated heterocycles. The molecule has 7 heavy (non-hydrogen) atoms. The third-order valence-electron chi connectivity index (χ3n) is 0.549. The van der Waals surface area contributed by atoms with Gasteiger partial charge < -0.3 is 4.74 Å². The molecule has 1 rings (SSSR count). The Bertz CT molecular complexity index is 84.3. The summed E-state index contributed by atoms with van der Waals surface area (Å²) < 4.78 is 4.88. The van der Waals surface area contributed by atoms with Gasteiger partial charge >= 0.3 is 0 Å². The van der Waals surface area contributed by atoms with Crippen molar-refractivity contribution in [3.8, 4) is 0 Å². The zero-order valence-corrected chi connectivity index (χ0v) is 4.57. The Morgan fingerprint density at radius 1 is 1.71 bits per heavy atom. The molecule has 0 fully saturated rings. The molecule has 0 aromatic carbocycles. The minimum absolute atomic E-state index is 0.688. The van der Waals surface area contributed by atoms with Crippen molar-refractivity contribution in [2.45, 2.75) is 0 Å². The molecule has 0 unspecified atom stereocenters. The second-order valence-electron chi connectivity index (χ2n) is 1.04. The molecule has 1 aliphatic heterocycles. The first-order valence-electron chi connectivity index (χ1n) is 1.97. The van der Waals surface area contributed by atoms with Crippen LogP contribution < -0.4 is 0 Å². The van der Waals surface area contributed by atoms with Gasteiger partial charge in [0.1, 0.15) is 5.94 Å². The maximum atomic E-state index is 4.88. The zero-order valence-electron chi connectivity index (χ0n) is 3.76. The van der Waals surface area contributed by atoms with Crippen molar-refractivity contribution < 1.29 is 4.74 Å². The summed E-state index contributed by atoms with van der Waals surface area (Å²) in [5.74, 6) is 0.688. The van der Waals surface area contributed by atoms with Crippen molar-refractivity contribution in [3.63, 3.8) is 0 Å². The van der Waals surface area contributed by atoms with Crippen molar-refractivity contribution in [2.24, 2.45) is 0 Å². The summed E-state index contributed by atoms with van der Waals surface area (Å²) in [6, 6.07) is 0. The highest BCUT2D eigenvalue weighted by Crippen LogP contribution is 2.03. The third-order valence-corrected chi connectivity index (χ3v) is 1.11. The largest absolute Gasteiger partial charge is 0.490 e. The Balaban J connectivity index is 2.39. The summed E-state index contributed by atoms with van der Waals surface area (Å²) in [6.07, 6.45) is 5.31. The van der Waals surface area contributed by atoms with Crippen LogP contribution in [0.5, 0.6) is 0 Å². The first-order valence-corrected chi connectivity index (χ1v) is 2.96. The van der Waals surface area contributed by atoms with Crippen LogP contribution in [-0.4, -0.2) is 5.94 Å². The van der Waals surface area contributed by atoms with E-state index < -0.39 is 0 Å². The normalized spacial score (nSPS) is 18.3. The Labute approximate surface area is 47.1 Å². The van der Waals surface area contributed by atoms with Crippen LogP contribution in [0.1, 0.15) is 0 Å². The van der Waals surface area contributed by atoms with E-state index in [1.807, 2.05) is 12.2 Å². The summed E-state index contributed by atoms with van der Waals surface area (Å²) in [7, 11) is 0. The smallest absolute Gasteiger partial charge is 0.137 e. The van der Waals surface area contributed by atoms with Crippen LogP contribution >= 0.6 is 11.8 Å². The standard InChI is InChI=1S/C5H5OS/c1-2-4-7-5-6-3-1/h1-3H,5H2. The summed E-state index contributed by atoms with van der Waals surface area (Å²) in [6.45, 7) is 0. The van der Waals surface area contributed by atoms with Crippen LogP contribution in [0.2, 0.25) is 0 Å². The van der Waals surface area contributed by atoms with Crippen LogP contribution in [0.15, 0.2) is 18.4 Å². The van der Waals surface area contributed by atoms with E-state index in [4.69, 9.17) is 4.74 Å². The van der Waals surface area contributed by atoms with E-state index in [0.29, 0.717) is 5.94 Å². The number of thioether (sulfide) groups is 1. The van der Waals surface area contributed by atoms with Gasteiger partial charge in [-0.1, -0.05) is 11.8 Å². The molecule has 1 aliphatic rings. The zero-order chi connectivity index (χ0) is 4.95. The minimum Gasteiger partial charge on any atom is -0.490 e. The molecule has 0 saturated carbocycles. The van der Waals surface area contributed by atoms with Crippen molar-refractivity contribution >= 4 is 11.8 Å². The van der Waals surface area contributed by atoms with E-state index in [2.05, 4.69) is 5.41 Å². The molecule has 2 heteroatoms. The van der Waals surface area contributed by atoms with Gasteiger partial charge in [0.05, 0.1) is 6.26 Å². The molecule has 1 nitrogen and oxygen atoms in total. The van der Waals surface area contributed by atoms with Gasteiger partial charge in [-0.3, -0.25) is 0 Å². The fourth-order valence-electron chi connectivity index (χ4n) is 0.290. The summed E-state index contributed by atoms with van der Waals surface area (Å²) >= 11 is 1.53. The van der Waals surface area contributed by atoms with E-state index in [1.165, 1.54) is 11.8 Å². The van der Waals surface area contributed by atoms with Crippen LogP contribution in [0.3, 0.4) is 0 Å². The van der Waals surface area contributed by atoms with E-state index >= 15 is 0 Å². The first-order chi connectivity index (χ1) is 3.50. The molecule has 0 aliphatic carbocycles. The lowest BCUT2D eigenvalue weighted by molar-refractivity contribution is 0.318. The maximum Gasteiger partial charge on any atom is 0.137 e. The van der Waals surface area contributed by atoms with Gasteiger partial charge in [-0.25, -0.2) is 0 Å². The molecule has 0 atom stereocenters. The van der Waals surface area contributed by atoms with E-state index in [9.17, 15) is 0 Å². The average Bonchev–Trinajstić information content (AvgIpc) is 1.90. The Hall–Kier alpha value is -0.370. The van der Waals surface area contributed by atoms with Gasteiger partial charge in [0, 0.05) is 5.41 Å². The second-order valence-corrected chi connectivity index (χ2v) is 1.80. The van der Waals surface area contributed by atoms with Crippen molar-refractivity contribution in [1.29, 1.82) is 0 Å². The van der Waals surface area contributed by atoms with E-state index in [1.54, 1.807) is 6.26 Å². The lowest BCUT2D eigenvalue weighted by Gasteiger charge is -1.88. The number of allylic oxidation sites excluding steroid dienone is 2. The highest BCUT2D eigenvalue weighted by atomic mass is 32.2. The Morgan fingerprint density at radius 3 is 3.71 bits per heavy atom. The molecule has 0 amide bonds. The molecule has 37 valence electrons. The number of ether oxygens (including phenoxy) is 1. The molecular weight excluding hydrogens is 108 g/mol. The average molecular weight is 113 g/mol. The van der Waals surface area contributed by atoms with Crippen LogP contribution in [0.4, 0.5) is 0 Å². The molecule has 0 spiro atoms. The van der Waals surface area contributed by atoms with E-state index in [-0.39, 0.29) is 0 Å². The molecule has 1 heterocycles. The summed E-state index contributed by atoms with van der Waals surface area (Å²) in [5.41, 5.74) is 0. The summed E-state index contributed by atoms with van der Waals surface area (Å²) in [4.78, 5) is 0. The molecular formula is C5H5OS. The molecule has 0 aromatic heterocycles. The van der Waals surface area contributed by atoms with Crippen LogP contribution in [0, 0.1) is 5.41 Å². The van der Waals surface area contributed by atoms with Gasteiger partial charge in [0.2, 0.25) is 0 Å². The second kappa shape index (κ2) is 2.75. The van der Waals surface area contributed by atoms with Gasteiger partial charge in [0.25, 0.3) is 0 Å².